The highest BCUT2D eigenvalue weighted by Gasteiger charge is 2.24. The van der Waals surface area contributed by atoms with Gasteiger partial charge in [-0.25, -0.2) is 0 Å². The molecule has 1 heterocycles. The van der Waals surface area contributed by atoms with E-state index >= 15 is 0 Å². The van der Waals surface area contributed by atoms with Gasteiger partial charge in [0.15, 0.2) is 0 Å². The average molecular weight is 611 g/mol. The number of hydrogen-bond acceptors (Lipinski definition) is 1. The van der Waals surface area contributed by atoms with Crippen molar-refractivity contribution in [3.8, 4) is 5.69 Å². The number of fused-ring (bicyclic) bond motifs is 9. The molecule has 0 saturated heterocycles. The third-order valence-corrected chi connectivity index (χ3v) is 9.94. The summed E-state index contributed by atoms with van der Waals surface area (Å²) in [5.41, 5.74) is 6.95. The van der Waals surface area contributed by atoms with E-state index in [-0.39, 0.29) is 0 Å². The van der Waals surface area contributed by atoms with Gasteiger partial charge in [0.1, 0.15) is 0 Å². The summed E-state index contributed by atoms with van der Waals surface area (Å²) in [6, 6.07) is 66.3. The Morgan fingerprint density at radius 1 is 0.292 bits per heavy atom. The highest BCUT2D eigenvalue weighted by molar-refractivity contribution is 6.21. The van der Waals surface area contributed by atoms with Crippen LogP contribution in [0.4, 0.5) is 17.1 Å². The molecule has 0 unspecified atom stereocenters. The predicted octanol–water partition coefficient (Wildman–Crippen LogP) is 12.9. The van der Waals surface area contributed by atoms with Crippen LogP contribution in [0.25, 0.3) is 70.6 Å². The lowest BCUT2D eigenvalue weighted by Crippen LogP contribution is -2.12. The number of para-hydroxylation sites is 3. The molecular weight excluding hydrogens is 581 g/mol. The van der Waals surface area contributed by atoms with Crippen LogP contribution in [0.3, 0.4) is 0 Å². The van der Waals surface area contributed by atoms with Crippen molar-refractivity contribution in [3.63, 3.8) is 0 Å². The van der Waals surface area contributed by atoms with Gasteiger partial charge in [-0.2, -0.15) is 0 Å². The van der Waals surface area contributed by atoms with Gasteiger partial charge in [-0.1, -0.05) is 146 Å². The molecule has 0 atom stereocenters. The number of rotatable bonds is 4. The molecule has 0 amide bonds. The lowest BCUT2D eigenvalue weighted by Gasteiger charge is -2.29. The second-order valence-corrected chi connectivity index (χ2v) is 12.5. The van der Waals surface area contributed by atoms with E-state index in [4.69, 9.17) is 0 Å². The first-order chi connectivity index (χ1) is 23.8. The Labute approximate surface area is 278 Å². The monoisotopic (exact) mass is 610 g/mol. The zero-order valence-electron chi connectivity index (χ0n) is 26.2. The van der Waals surface area contributed by atoms with Crippen LogP contribution in [0, 0.1) is 0 Å². The van der Waals surface area contributed by atoms with E-state index in [9.17, 15) is 0 Å². The number of anilines is 3. The van der Waals surface area contributed by atoms with Crippen LogP contribution in [0.1, 0.15) is 0 Å². The van der Waals surface area contributed by atoms with Gasteiger partial charge in [-0.15, -0.1) is 0 Å². The molecule has 0 aliphatic rings. The molecule has 0 aliphatic carbocycles. The molecule has 48 heavy (non-hydrogen) atoms. The third-order valence-electron chi connectivity index (χ3n) is 9.94. The van der Waals surface area contributed by atoms with Crippen LogP contribution in [0.2, 0.25) is 0 Å². The van der Waals surface area contributed by atoms with Crippen LogP contribution < -0.4 is 4.90 Å². The second-order valence-electron chi connectivity index (χ2n) is 12.5. The van der Waals surface area contributed by atoms with Gasteiger partial charge < -0.3 is 9.47 Å². The summed E-state index contributed by atoms with van der Waals surface area (Å²) in [6.45, 7) is 0. The normalized spacial score (nSPS) is 11.8. The molecule has 0 aliphatic heterocycles. The summed E-state index contributed by atoms with van der Waals surface area (Å²) < 4.78 is 2.44. The van der Waals surface area contributed by atoms with Crippen molar-refractivity contribution in [2.75, 3.05) is 4.90 Å². The maximum Gasteiger partial charge on any atom is 0.0782 e. The summed E-state index contributed by atoms with van der Waals surface area (Å²) in [7, 11) is 0. The maximum absolute atomic E-state index is 2.50. The van der Waals surface area contributed by atoms with Crippen molar-refractivity contribution >= 4 is 82.0 Å². The first-order valence-electron chi connectivity index (χ1n) is 16.5. The Bertz CT molecular complexity index is 2840. The second kappa shape index (κ2) is 10.6. The minimum Gasteiger partial charge on any atom is -0.307 e. The number of aromatic nitrogens is 1. The van der Waals surface area contributed by atoms with E-state index in [1.54, 1.807) is 0 Å². The fraction of sp³-hybridized carbons (Fsp3) is 0. The predicted molar refractivity (Wildman–Crippen MR) is 205 cm³/mol. The molecule has 2 nitrogen and oxygen atoms in total. The highest BCUT2D eigenvalue weighted by Crippen LogP contribution is 2.47. The third kappa shape index (κ3) is 3.93. The Kier molecular flexibility index (Phi) is 5.91. The lowest BCUT2D eigenvalue weighted by molar-refractivity contribution is 1.17. The van der Waals surface area contributed by atoms with Gasteiger partial charge in [0.05, 0.1) is 28.1 Å². The SMILES string of the molecule is c1ccc(-n2c3ccccc3c3cccc(N(c4cccc5ccccc45)c4cccc5c4ccc4c6ccccc6ccc54)c32)cc1. The highest BCUT2D eigenvalue weighted by atomic mass is 15.2. The van der Waals surface area contributed by atoms with Crippen LogP contribution in [-0.4, -0.2) is 4.57 Å². The molecule has 0 radical (unpaired) electrons. The van der Waals surface area contributed by atoms with Crippen LogP contribution in [0.5, 0.6) is 0 Å². The molecule has 0 bridgehead atoms. The van der Waals surface area contributed by atoms with Crippen LogP contribution in [-0.2, 0) is 0 Å². The number of nitrogens with zero attached hydrogens (tertiary/aromatic N) is 2. The molecule has 10 aromatic rings. The fourth-order valence-corrected chi connectivity index (χ4v) is 7.85. The summed E-state index contributed by atoms with van der Waals surface area (Å²) in [5.74, 6) is 0. The zero-order valence-corrected chi connectivity index (χ0v) is 26.2. The number of hydrogen-bond donors (Lipinski definition) is 0. The van der Waals surface area contributed by atoms with Gasteiger partial charge in [0, 0.05) is 27.2 Å². The Morgan fingerprint density at radius 3 is 1.62 bits per heavy atom. The van der Waals surface area contributed by atoms with Crippen molar-refractivity contribution in [1.82, 2.24) is 4.57 Å². The molecule has 0 N–H and O–H groups in total. The molecule has 0 spiro atoms. The lowest BCUT2D eigenvalue weighted by atomic mass is 9.95. The van der Waals surface area contributed by atoms with Crippen LogP contribution in [0.15, 0.2) is 182 Å². The zero-order chi connectivity index (χ0) is 31.6. The summed E-state index contributed by atoms with van der Waals surface area (Å²) in [6.07, 6.45) is 0. The minimum absolute atomic E-state index is 1.13. The van der Waals surface area contributed by atoms with E-state index in [2.05, 4.69) is 191 Å². The van der Waals surface area contributed by atoms with Crippen molar-refractivity contribution < 1.29 is 0 Å². The van der Waals surface area contributed by atoms with Crippen molar-refractivity contribution in [2.24, 2.45) is 0 Å². The van der Waals surface area contributed by atoms with E-state index in [1.807, 2.05) is 0 Å². The first kappa shape index (κ1) is 26.8. The van der Waals surface area contributed by atoms with E-state index in [0.29, 0.717) is 0 Å². The first-order valence-corrected chi connectivity index (χ1v) is 16.5. The van der Waals surface area contributed by atoms with Gasteiger partial charge >= 0.3 is 0 Å². The smallest absolute Gasteiger partial charge is 0.0782 e. The van der Waals surface area contributed by atoms with E-state index in [1.165, 1.54) is 64.9 Å². The molecule has 2 heteroatoms. The van der Waals surface area contributed by atoms with Crippen LogP contribution >= 0.6 is 0 Å². The minimum atomic E-state index is 1.13. The summed E-state index contributed by atoms with van der Waals surface area (Å²) >= 11 is 0. The van der Waals surface area contributed by atoms with E-state index in [0.717, 1.165) is 22.7 Å². The van der Waals surface area contributed by atoms with Gasteiger partial charge in [0.25, 0.3) is 0 Å². The Balaban J connectivity index is 1.36. The van der Waals surface area contributed by atoms with Crippen molar-refractivity contribution in [1.29, 1.82) is 0 Å². The quantitative estimate of drug-likeness (QED) is 0.180. The van der Waals surface area contributed by atoms with Gasteiger partial charge in [-0.05, 0) is 68.7 Å². The van der Waals surface area contributed by atoms with Gasteiger partial charge in [-0.3, -0.25) is 0 Å². The molecule has 0 saturated carbocycles. The summed E-state index contributed by atoms with van der Waals surface area (Å²) in [4.78, 5) is 2.50. The largest absolute Gasteiger partial charge is 0.307 e. The molecule has 1 aromatic heterocycles. The topological polar surface area (TPSA) is 8.17 Å². The summed E-state index contributed by atoms with van der Waals surface area (Å²) in [5, 5.41) is 12.5. The fourth-order valence-electron chi connectivity index (χ4n) is 7.85. The molecular formula is C46H30N2. The standard InChI is InChI=1S/C46H30N2/c1-2-16-33(17-3-1)47-43-23-9-8-20-39(43)41-22-12-26-45(46(41)47)48(42-24-10-15-31-13-5-7-19-35(31)42)44-25-11-21-36-38-28-27-32-14-4-6-18-34(32)37(38)29-30-40(36)44/h1-30H. The van der Waals surface area contributed by atoms with Gasteiger partial charge in [0.2, 0.25) is 0 Å². The van der Waals surface area contributed by atoms with Crippen molar-refractivity contribution in [2.45, 2.75) is 0 Å². The average Bonchev–Trinajstić information content (AvgIpc) is 3.50. The Hall–Kier alpha value is -6.38. The molecule has 0 fully saturated rings. The molecule has 10 rings (SSSR count). The molecule has 9 aromatic carbocycles. The van der Waals surface area contributed by atoms with E-state index < -0.39 is 0 Å². The van der Waals surface area contributed by atoms with Crippen molar-refractivity contribution in [3.05, 3.63) is 182 Å². The maximum atomic E-state index is 2.50. The Morgan fingerprint density at radius 2 is 0.792 bits per heavy atom. The number of benzene rings is 9. The molecule has 224 valence electrons.